The molecule has 0 atom stereocenters. The van der Waals surface area contributed by atoms with E-state index in [0.29, 0.717) is 0 Å². The zero-order chi connectivity index (χ0) is 40.5. The number of nitrogens with zero attached hydrogens (tertiary/aromatic N) is 1. The molecule has 2 saturated carbocycles. The van der Waals surface area contributed by atoms with Crippen LogP contribution >= 0.6 is 0 Å². The minimum absolute atomic E-state index is 0.719. The van der Waals surface area contributed by atoms with Gasteiger partial charge in [0, 0.05) is 23.5 Å². The first-order valence-corrected chi connectivity index (χ1v) is 23.4. The van der Waals surface area contributed by atoms with Crippen molar-refractivity contribution >= 4 is 49.4 Å². The number of rotatable bonds is 6. The smallest absolute Gasteiger partial charge is 0.0462 e. The van der Waals surface area contributed by atoms with Crippen LogP contribution in [0.5, 0.6) is 0 Å². The van der Waals surface area contributed by atoms with Crippen molar-refractivity contribution < 1.29 is 0 Å². The standard InChI is InChI=1S/C61H48N/c1-2-9-48-37(7-1)8-5-12-49(48)38-23-29-45(30-24-38)62(46-31-25-39(26-32-46)50-13-6-14-53-51-10-3-4-11-52(51)56-36-57(56)61(50)53)47-33-27-44(28-34-47)60-58-42-19-15-40(16-20-42)54(58)35-55-41-17-21-43(22-18-41)59(55)60/h1-14,23-36,40-43H,15-22H2. The van der Waals surface area contributed by atoms with Crippen LogP contribution in [0.15, 0.2) is 164 Å². The molecule has 0 spiro atoms. The van der Waals surface area contributed by atoms with E-state index >= 15 is 0 Å². The molecule has 297 valence electrons. The molecule has 16 rings (SSSR count). The lowest BCUT2D eigenvalue weighted by molar-refractivity contribution is 0.342. The molecule has 1 radical (unpaired) electrons. The van der Waals surface area contributed by atoms with Gasteiger partial charge in [0.05, 0.1) is 0 Å². The van der Waals surface area contributed by atoms with Crippen molar-refractivity contribution in [3.8, 4) is 33.4 Å². The molecule has 0 aliphatic heterocycles. The van der Waals surface area contributed by atoms with Gasteiger partial charge in [0.15, 0.2) is 0 Å². The lowest BCUT2D eigenvalue weighted by Gasteiger charge is -2.46. The Kier molecular flexibility index (Phi) is 7.68. The van der Waals surface area contributed by atoms with Gasteiger partial charge < -0.3 is 4.90 Å². The van der Waals surface area contributed by atoms with Crippen molar-refractivity contribution in [3.05, 3.63) is 204 Å². The molecular formula is C61H48N. The molecule has 0 saturated heterocycles. The summed E-state index contributed by atoms with van der Waals surface area (Å²) in [4.78, 5) is 2.46. The molecule has 0 aromatic heterocycles. The third-order valence-electron chi connectivity index (χ3n) is 16.0. The second-order valence-corrected chi connectivity index (χ2v) is 19.1. The summed E-state index contributed by atoms with van der Waals surface area (Å²) in [6.07, 6.45) is 13.4. The highest BCUT2D eigenvalue weighted by molar-refractivity contribution is 6.19. The predicted octanol–water partition coefficient (Wildman–Crippen LogP) is 17.0. The Labute approximate surface area is 364 Å². The van der Waals surface area contributed by atoms with Crippen molar-refractivity contribution in [1.29, 1.82) is 0 Å². The van der Waals surface area contributed by atoms with E-state index < -0.39 is 0 Å². The van der Waals surface area contributed by atoms with Crippen molar-refractivity contribution in [2.75, 3.05) is 4.90 Å². The van der Waals surface area contributed by atoms with Crippen molar-refractivity contribution in [1.82, 2.24) is 0 Å². The quantitative estimate of drug-likeness (QED) is 0.152. The summed E-state index contributed by atoms with van der Waals surface area (Å²) in [7, 11) is 0. The first-order chi connectivity index (χ1) is 30.7. The maximum absolute atomic E-state index is 2.74. The molecule has 0 unspecified atom stereocenters. The van der Waals surface area contributed by atoms with Crippen LogP contribution < -0.4 is 4.90 Å². The molecule has 1 heteroatoms. The fraction of sp³-hybridized carbons (Fsp3) is 0.197. The van der Waals surface area contributed by atoms with Gasteiger partial charge in [-0.2, -0.15) is 0 Å². The van der Waals surface area contributed by atoms with E-state index in [1.54, 1.807) is 27.8 Å². The molecule has 9 aromatic carbocycles. The third-order valence-corrected chi connectivity index (χ3v) is 16.0. The van der Waals surface area contributed by atoms with Crippen molar-refractivity contribution in [3.63, 3.8) is 0 Å². The van der Waals surface area contributed by atoms with Gasteiger partial charge in [-0.3, -0.25) is 0 Å². The average molecular weight is 795 g/mol. The zero-order valence-electron chi connectivity index (χ0n) is 35.1. The van der Waals surface area contributed by atoms with Crippen LogP contribution in [0.1, 0.15) is 108 Å². The first kappa shape index (κ1) is 35.2. The lowest BCUT2D eigenvalue weighted by atomic mass is 9.59. The van der Waals surface area contributed by atoms with E-state index in [-0.39, 0.29) is 0 Å². The summed E-state index contributed by atoms with van der Waals surface area (Å²) >= 11 is 0. The van der Waals surface area contributed by atoms with E-state index in [2.05, 4.69) is 175 Å². The van der Waals surface area contributed by atoms with Gasteiger partial charge in [-0.15, -0.1) is 0 Å². The van der Waals surface area contributed by atoms with Gasteiger partial charge in [0.2, 0.25) is 0 Å². The number of anilines is 3. The van der Waals surface area contributed by atoms with E-state index in [9.17, 15) is 0 Å². The fourth-order valence-electron chi connectivity index (χ4n) is 13.1. The van der Waals surface area contributed by atoms with Gasteiger partial charge in [0.1, 0.15) is 0 Å². The zero-order valence-corrected chi connectivity index (χ0v) is 35.1. The number of fused-ring (bicyclic) bond motifs is 11. The highest BCUT2D eigenvalue weighted by Crippen LogP contribution is 2.60. The maximum Gasteiger partial charge on any atom is 0.0462 e. The Morgan fingerprint density at radius 1 is 0.355 bits per heavy atom. The second-order valence-electron chi connectivity index (χ2n) is 19.1. The maximum atomic E-state index is 2.74. The Morgan fingerprint density at radius 2 is 0.823 bits per heavy atom. The summed E-state index contributed by atoms with van der Waals surface area (Å²) in [6.45, 7) is 0. The summed E-state index contributed by atoms with van der Waals surface area (Å²) < 4.78 is 0. The minimum Gasteiger partial charge on any atom is -0.311 e. The molecule has 0 N–H and O–H groups in total. The summed E-state index contributed by atoms with van der Waals surface area (Å²) in [5.74, 6) is 2.95. The van der Waals surface area contributed by atoms with E-state index in [0.717, 1.165) is 35.0 Å². The summed E-state index contributed by atoms with van der Waals surface area (Å²) in [5.41, 5.74) is 21.4. The molecule has 0 heterocycles. The number of hydrogen-bond acceptors (Lipinski definition) is 1. The molecule has 4 bridgehead atoms. The SMILES string of the molecule is [CH]1c2c1c1c(-c3ccc(N(c4ccc(-c5c6c(cc7c5C5CCC7CC5)C5CCC6CC5)cc4)c4ccc(-c5cccc6ccccc56)cc4)cc3)cccc1c1ccccc21. The van der Waals surface area contributed by atoms with Gasteiger partial charge in [-0.25, -0.2) is 0 Å². The Balaban J connectivity index is 0.892. The van der Waals surface area contributed by atoms with Gasteiger partial charge in [0.25, 0.3) is 0 Å². The minimum atomic E-state index is 0.719. The highest BCUT2D eigenvalue weighted by atomic mass is 15.1. The topological polar surface area (TPSA) is 3.24 Å². The molecule has 0 amide bonds. The van der Waals surface area contributed by atoms with Crippen LogP contribution in [0.2, 0.25) is 0 Å². The van der Waals surface area contributed by atoms with Crippen molar-refractivity contribution in [2.45, 2.75) is 75.0 Å². The van der Waals surface area contributed by atoms with Gasteiger partial charge in [-0.1, -0.05) is 127 Å². The van der Waals surface area contributed by atoms with Gasteiger partial charge >= 0.3 is 0 Å². The molecule has 1 nitrogen and oxygen atoms in total. The lowest BCUT2D eigenvalue weighted by Crippen LogP contribution is -2.28. The average Bonchev–Trinajstić information content (AvgIpc) is 4.17. The molecule has 7 aliphatic rings. The van der Waals surface area contributed by atoms with E-state index in [1.807, 2.05) is 0 Å². The van der Waals surface area contributed by atoms with Gasteiger partial charge in [-0.05, 0) is 211 Å². The predicted molar refractivity (Wildman–Crippen MR) is 260 cm³/mol. The summed E-state index contributed by atoms with van der Waals surface area (Å²) in [5, 5.41) is 7.97. The van der Waals surface area contributed by atoms with Crippen LogP contribution in [0.25, 0.3) is 65.7 Å². The monoisotopic (exact) mass is 794 g/mol. The van der Waals surface area contributed by atoms with Crippen LogP contribution in [-0.4, -0.2) is 0 Å². The van der Waals surface area contributed by atoms with E-state index in [1.165, 1.54) is 128 Å². The molecule has 9 aromatic rings. The van der Waals surface area contributed by atoms with E-state index in [4.69, 9.17) is 0 Å². The Hall–Kier alpha value is -6.44. The highest BCUT2D eigenvalue weighted by Gasteiger charge is 2.42. The second kappa shape index (κ2) is 13.5. The normalized spacial score (nSPS) is 20.3. The third kappa shape index (κ3) is 5.27. The number of benzene rings is 9. The van der Waals surface area contributed by atoms with Crippen LogP contribution in [0, 0.1) is 6.42 Å². The Bertz CT molecular complexity index is 3210. The van der Waals surface area contributed by atoms with Crippen LogP contribution in [0.4, 0.5) is 17.1 Å². The Morgan fingerprint density at radius 3 is 1.45 bits per heavy atom. The molecule has 7 aliphatic carbocycles. The molecule has 62 heavy (non-hydrogen) atoms. The van der Waals surface area contributed by atoms with Crippen LogP contribution in [-0.2, 0) is 0 Å². The largest absolute Gasteiger partial charge is 0.311 e. The fourth-order valence-corrected chi connectivity index (χ4v) is 13.1. The molecular weight excluding hydrogens is 747 g/mol. The first-order valence-electron chi connectivity index (χ1n) is 23.4. The van der Waals surface area contributed by atoms with Crippen LogP contribution in [0.3, 0.4) is 0 Å². The van der Waals surface area contributed by atoms with Crippen molar-refractivity contribution in [2.24, 2.45) is 0 Å². The molecule has 2 fully saturated rings. The summed E-state index contributed by atoms with van der Waals surface area (Å²) in [6, 6.07) is 62.2. The number of hydrogen-bond donors (Lipinski definition) is 0.